The second kappa shape index (κ2) is 4.36. The summed E-state index contributed by atoms with van der Waals surface area (Å²) >= 11 is 7.43. The van der Waals surface area contributed by atoms with Gasteiger partial charge in [0.25, 0.3) is 0 Å². The number of ketones is 1. The van der Waals surface area contributed by atoms with E-state index in [0.717, 1.165) is 5.56 Å². The molecule has 0 radical (unpaired) electrons. The fourth-order valence-corrected chi connectivity index (χ4v) is 3.13. The largest absolute Gasteiger partial charge is 0.323 e. The summed E-state index contributed by atoms with van der Waals surface area (Å²) in [6.45, 7) is 1.86. The summed E-state index contributed by atoms with van der Waals surface area (Å²) in [5, 5.41) is 2.35. The van der Waals surface area contributed by atoms with Gasteiger partial charge >= 0.3 is 5.69 Å². The Bertz CT molecular complexity index is 844. The van der Waals surface area contributed by atoms with Gasteiger partial charge in [0.15, 0.2) is 0 Å². The minimum absolute atomic E-state index is 0.132. The van der Waals surface area contributed by atoms with E-state index >= 15 is 0 Å². The quantitative estimate of drug-likeness (QED) is 0.713. The molecule has 0 saturated carbocycles. The van der Waals surface area contributed by atoms with Crippen molar-refractivity contribution < 1.29 is 4.79 Å². The smallest absolute Gasteiger partial charge is 0.306 e. The molecular weight excluding hydrogens is 284 g/mol. The minimum Gasteiger partial charge on any atom is -0.306 e. The summed E-state index contributed by atoms with van der Waals surface area (Å²) in [5.74, 6) is -0.132. The van der Waals surface area contributed by atoms with E-state index in [-0.39, 0.29) is 11.5 Å². The van der Waals surface area contributed by atoms with Crippen molar-refractivity contribution in [3.05, 3.63) is 55.1 Å². The molecule has 0 amide bonds. The summed E-state index contributed by atoms with van der Waals surface area (Å²) in [4.78, 5) is 29.3. The van der Waals surface area contributed by atoms with Crippen LogP contribution in [0.3, 0.4) is 0 Å². The Labute approximate surface area is 117 Å². The predicted molar refractivity (Wildman–Crippen MR) is 76.4 cm³/mol. The van der Waals surface area contributed by atoms with Crippen molar-refractivity contribution in [2.75, 3.05) is 0 Å². The third-order valence-corrected chi connectivity index (χ3v) is 4.58. The highest BCUT2D eigenvalue weighted by molar-refractivity contribution is 7.13. The number of aromatic amines is 2. The Morgan fingerprint density at radius 3 is 2.68 bits per heavy atom. The van der Waals surface area contributed by atoms with E-state index in [4.69, 9.17) is 11.6 Å². The summed E-state index contributed by atoms with van der Waals surface area (Å²) in [6.07, 6.45) is 0. The van der Waals surface area contributed by atoms with Crippen molar-refractivity contribution >= 4 is 39.8 Å². The van der Waals surface area contributed by atoms with Gasteiger partial charge < -0.3 is 9.97 Å². The summed E-state index contributed by atoms with van der Waals surface area (Å²) in [5.41, 5.74) is 2.40. The number of nitrogens with one attached hydrogen (secondary N) is 2. The second-order valence-corrected chi connectivity index (χ2v) is 5.49. The van der Waals surface area contributed by atoms with Crippen molar-refractivity contribution in [2.24, 2.45) is 0 Å². The molecule has 1 aromatic carbocycles. The van der Waals surface area contributed by atoms with Crippen LogP contribution in [0.4, 0.5) is 0 Å². The molecule has 3 rings (SSSR count). The zero-order chi connectivity index (χ0) is 13.6. The molecule has 0 unspecified atom stereocenters. The fourth-order valence-electron chi connectivity index (χ4n) is 1.89. The molecule has 0 saturated heterocycles. The van der Waals surface area contributed by atoms with E-state index in [0.29, 0.717) is 26.5 Å². The van der Waals surface area contributed by atoms with Crippen LogP contribution in [0.1, 0.15) is 20.8 Å². The van der Waals surface area contributed by atoms with Crippen LogP contribution < -0.4 is 5.69 Å². The zero-order valence-electron chi connectivity index (χ0n) is 9.91. The molecule has 2 N–H and O–H groups in total. The lowest BCUT2D eigenvalue weighted by atomic mass is 10.1. The van der Waals surface area contributed by atoms with E-state index < -0.39 is 0 Å². The Morgan fingerprint density at radius 1 is 1.26 bits per heavy atom. The van der Waals surface area contributed by atoms with E-state index in [2.05, 4.69) is 9.97 Å². The first-order chi connectivity index (χ1) is 9.06. The number of rotatable bonds is 2. The SMILES string of the molecule is Cc1csc(C(=O)c2ccc3[nH]c(=O)[nH]c3c2)c1Cl. The van der Waals surface area contributed by atoms with Crippen molar-refractivity contribution in [1.29, 1.82) is 0 Å². The van der Waals surface area contributed by atoms with Crippen molar-refractivity contribution in [3.8, 4) is 0 Å². The van der Waals surface area contributed by atoms with Crippen molar-refractivity contribution in [1.82, 2.24) is 9.97 Å². The van der Waals surface area contributed by atoms with Gasteiger partial charge in [-0.05, 0) is 36.1 Å². The molecule has 0 bridgehead atoms. The highest BCUT2D eigenvalue weighted by atomic mass is 35.5. The Balaban J connectivity index is 2.11. The molecule has 6 heteroatoms. The predicted octanol–water partition coefficient (Wildman–Crippen LogP) is 3.11. The molecule has 3 aromatic rings. The van der Waals surface area contributed by atoms with Gasteiger partial charge in [-0.3, -0.25) is 4.79 Å². The van der Waals surface area contributed by atoms with Crippen LogP contribution in [0, 0.1) is 6.92 Å². The fraction of sp³-hybridized carbons (Fsp3) is 0.0769. The van der Waals surface area contributed by atoms with Gasteiger partial charge in [-0.1, -0.05) is 11.6 Å². The molecular formula is C13H9ClN2O2S. The van der Waals surface area contributed by atoms with Crippen LogP contribution in [0.5, 0.6) is 0 Å². The molecule has 2 aromatic heterocycles. The maximum Gasteiger partial charge on any atom is 0.323 e. The topological polar surface area (TPSA) is 65.7 Å². The zero-order valence-corrected chi connectivity index (χ0v) is 11.5. The van der Waals surface area contributed by atoms with Gasteiger partial charge in [0.1, 0.15) is 0 Å². The van der Waals surface area contributed by atoms with Crippen molar-refractivity contribution in [3.63, 3.8) is 0 Å². The number of aryl methyl sites for hydroxylation is 1. The number of imidazole rings is 1. The lowest BCUT2D eigenvalue weighted by molar-refractivity contribution is 0.104. The number of aromatic nitrogens is 2. The van der Waals surface area contributed by atoms with Gasteiger partial charge in [0.2, 0.25) is 5.78 Å². The highest BCUT2D eigenvalue weighted by Crippen LogP contribution is 2.29. The van der Waals surface area contributed by atoms with Crippen LogP contribution in [-0.4, -0.2) is 15.8 Å². The molecule has 19 heavy (non-hydrogen) atoms. The Morgan fingerprint density at radius 2 is 2.00 bits per heavy atom. The molecule has 0 aliphatic rings. The van der Waals surface area contributed by atoms with E-state index in [9.17, 15) is 9.59 Å². The number of thiophene rings is 1. The number of fused-ring (bicyclic) bond motifs is 1. The Kier molecular flexibility index (Phi) is 2.80. The van der Waals surface area contributed by atoms with Crippen LogP contribution in [0.25, 0.3) is 11.0 Å². The standard InChI is InChI=1S/C13H9ClN2O2S/c1-6-5-19-12(10(6)14)11(17)7-2-3-8-9(4-7)16-13(18)15-8/h2-5H,1H3,(H2,15,16,18). The molecule has 0 aliphatic carbocycles. The maximum absolute atomic E-state index is 12.4. The van der Waals surface area contributed by atoms with Crippen LogP contribution in [0.2, 0.25) is 5.02 Å². The molecule has 96 valence electrons. The number of hydrogen-bond acceptors (Lipinski definition) is 3. The first-order valence-corrected chi connectivity index (χ1v) is 6.82. The number of H-pyrrole nitrogens is 2. The number of halogens is 1. The van der Waals surface area contributed by atoms with E-state index in [1.54, 1.807) is 18.2 Å². The summed E-state index contributed by atoms with van der Waals surface area (Å²) in [7, 11) is 0. The second-order valence-electron chi connectivity index (χ2n) is 4.23. The van der Waals surface area contributed by atoms with Crippen LogP contribution in [-0.2, 0) is 0 Å². The number of carbonyl (C=O) groups excluding carboxylic acids is 1. The molecule has 2 heterocycles. The van der Waals surface area contributed by atoms with Crippen LogP contribution in [0.15, 0.2) is 28.4 Å². The molecule has 0 atom stereocenters. The Hall–Kier alpha value is -1.85. The number of hydrogen-bond donors (Lipinski definition) is 2. The maximum atomic E-state index is 12.4. The van der Waals surface area contributed by atoms with Crippen LogP contribution >= 0.6 is 22.9 Å². The molecule has 0 aliphatic heterocycles. The summed E-state index contributed by atoms with van der Waals surface area (Å²) < 4.78 is 0. The molecule has 0 fully saturated rings. The van der Waals surface area contributed by atoms with Gasteiger partial charge in [-0.15, -0.1) is 11.3 Å². The number of benzene rings is 1. The van der Waals surface area contributed by atoms with E-state index in [1.807, 2.05) is 12.3 Å². The normalized spacial score (nSPS) is 11.1. The average molecular weight is 293 g/mol. The van der Waals surface area contributed by atoms with E-state index in [1.165, 1.54) is 11.3 Å². The van der Waals surface area contributed by atoms with Gasteiger partial charge in [0, 0.05) is 5.56 Å². The minimum atomic E-state index is -0.287. The van der Waals surface area contributed by atoms with Gasteiger partial charge in [-0.25, -0.2) is 4.79 Å². The van der Waals surface area contributed by atoms with Crippen molar-refractivity contribution in [2.45, 2.75) is 6.92 Å². The third-order valence-electron chi connectivity index (χ3n) is 2.88. The van der Waals surface area contributed by atoms with Gasteiger partial charge in [0.05, 0.1) is 20.9 Å². The third kappa shape index (κ3) is 2.01. The molecule has 0 spiro atoms. The molecule has 4 nitrogen and oxygen atoms in total. The lowest BCUT2D eigenvalue weighted by Gasteiger charge is -1.99. The first-order valence-electron chi connectivity index (χ1n) is 5.56. The summed E-state index contributed by atoms with van der Waals surface area (Å²) in [6, 6.07) is 5.04. The number of carbonyl (C=O) groups is 1. The average Bonchev–Trinajstić information content (AvgIpc) is 2.91. The first kappa shape index (κ1) is 12.2. The lowest BCUT2D eigenvalue weighted by Crippen LogP contribution is -2.00. The monoisotopic (exact) mass is 292 g/mol. The highest BCUT2D eigenvalue weighted by Gasteiger charge is 2.17. The van der Waals surface area contributed by atoms with Gasteiger partial charge in [-0.2, -0.15) is 0 Å².